The molecular weight excluding hydrogens is 250 g/mol. The molecule has 0 bridgehead atoms. The predicted molar refractivity (Wildman–Crippen MR) is 79.8 cm³/mol. The number of hydrogen-bond acceptors (Lipinski definition) is 2. The van der Waals surface area contributed by atoms with Crippen LogP contribution in [0.4, 0.5) is 0 Å². The van der Waals surface area contributed by atoms with Crippen LogP contribution in [0.2, 0.25) is 0 Å². The summed E-state index contributed by atoms with van der Waals surface area (Å²) in [6, 6.07) is 17.3. The van der Waals surface area contributed by atoms with E-state index in [0.717, 1.165) is 11.3 Å². The molecule has 0 unspecified atom stereocenters. The fraction of sp³-hybridized carbons (Fsp3) is 0.235. The minimum Gasteiger partial charge on any atom is -0.489 e. The molecule has 0 fully saturated rings. The topological polar surface area (TPSA) is 38.3 Å². The molecule has 104 valence electrons. The molecule has 0 atom stereocenters. The second-order valence-electron chi connectivity index (χ2n) is 4.93. The summed E-state index contributed by atoms with van der Waals surface area (Å²) in [6.45, 7) is 4.41. The molecule has 2 rings (SSSR count). The molecule has 0 radical (unpaired) electrons. The van der Waals surface area contributed by atoms with Crippen LogP contribution in [0.25, 0.3) is 0 Å². The third kappa shape index (κ3) is 4.12. The van der Waals surface area contributed by atoms with Crippen LogP contribution in [-0.2, 0) is 6.61 Å². The van der Waals surface area contributed by atoms with Crippen LogP contribution in [0.3, 0.4) is 0 Å². The highest BCUT2D eigenvalue weighted by Crippen LogP contribution is 2.14. The van der Waals surface area contributed by atoms with Gasteiger partial charge in [-0.15, -0.1) is 0 Å². The highest BCUT2D eigenvalue weighted by atomic mass is 16.5. The number of hydrogen-bond donors (Lipinski definition) is 1. The van der Waals surface area contributed by atoms with Gasteiger partial charge in [0.1, 0.15) is 12.4 Å². The molecule has 1 amide bonds. The van der Waals surface area contributed by atoms with Crippen LogP contribution in [0.15, 0.2) is 54.6 Å². The molecule has 20 heavy (non-hydrogen) atoms. The largest absolute Gasteiger partial charge is 0.489 e. The third-order valence-electron chi connectivity index (χ3n) is 2.78. The highest BCUT2D eigenvalue weighted by Gasteiger charge is 2.06. The highest BCUT2D eigenvalue weighted by molar-refractivity contribution is 5.94. The number of carbonyl (C=O) groups is 1. The molecule has 1 N–H and O–H groups in total. The lowest BCUT2D eigenvalue weighted by Gasteiger charge is -2.09. The summed E-state index contributed by atoms with van der Waals surface area (Å²) in [4.78, 5) is 11.8. The minimum atomic E-state index is -0.0605. The van der Waals surface area contributed by atoms with E-state index < -0.39 is 0 Å². The van der Waals surface area contributed by atoms with Gasteiger partial charge in [0.05, 0.1) is 0 Å². The van der Waals surface area contributed by atoms with E-state index in [4.69, 9.17) is 4.74 Å². The van der Waals surface area contributed by atoms with Crippen molar-refractivity contribution < 1.29 is 9.53 Å². The Labute approximate surface area is 119 Å². The van der Waals surface area contributed by atoms with Crippen molar-refractivity contribution in [3.8, 4) is 5.75 Å². The van der Waals surface area contributed by atoms with Crippen LogP contribution in [0, 0.1) is 0 Å². The molecule has 0 aliphatic rings. The van der Waals surface area contributed by atoms with Crippen molar-refractivity contribution in [2.24, 2.45) is 0 Å². The Balaban J connectivity index is 1.93. The van der Waals surface area contributed by atoms with E-state index in [-0.39, 0.29) is 11.9 Å². The molecule has 0 spiro atoms. The SMILES string of the molecule is CC(C)NC(=O)c1ccc(OCc2ccccc2)cc1. The molecule has 0 aromatic heterocycles. The smallest absolute Gasteiger partial charge is 0.251 e. The Morgan fingerprint density at radius 3 is 2.30 bits per heavy atom. The van der Waals surface area contributed by atoms with Crippen molar-refractivity contribution in [1.82, 2.24) is 5.32 Å². The summed E-state index contributed by atoms with van der Waals surface area (Å²) in [5, 5.41) is 2.86. The molecule has 0 aliphatic carbocycles. The predicted octanol–water partition coefficient (Wildman–Crippen LogP) is 3.40. The van der Waals surface area contributed by atoms with Crippen molar-refractivity contribution >= 4 is 5.91 Å². The number of amides is 1. The maximum Gasteiger partial charge on any atom is 0.251 e. The Hall–Kier alpha value is -2.29. The second kappa shape index (κ2) is 6.75. The van der Waals surface area contributed by atoms with E-state index in [9.17, 15) is 4.79 Å². The first-order valence-electron chi connectivity index (χ1n) is 6.73. The van der Waals surface area contributed by atoms with Crippen LogP contribution in [-0.4, -0.2) is 11.9 Å². The number of benzene rings is 2. The molecule has 0 saturated carbocycles. The number of nitrogens with one attached hydrogen (secondary N) is 1. The first kappa shape index (κ1) is 14.1. The van der Waals surface area contributed by atoms with Gasteiger partial charge in [-0.2, -0.15) is 0 Å². The van der Waals surface area contributed by atoms with Gasteiger partial charge in [-0.05, 0) is 43.7 Å². The molecule has 0 saturated heterocycles. The van der Waals surface area contributed by atoms with Crippen molar-refractivity contribution in [3.63, 3.8) is 0 Å². The first-order chi connectivity index (χ1) is 9.65. The summed E-state index contributed by atoms with van der Waals surface area (Å²) in [5.74, 6) is 0.699. The van der Waals surface area contributed by atoms with E-state index in [2.05, 4.69) is 5.32 Å². The van der Waals surface area contributed by atoms with Crippen LogP contribution in [0.5, 0.6) is 5.75 Å². The average molecular weight is 269 g/mol. The lowest BCUT2D eigenvalue weighted by Crippen LogP contribution is -2.29. The minimum absolute atomic E-state index is 0.0605. The maximum atomic E-state index is 11.8. The van der Waals surface area contributed by atoms with E-state index >= 15 is 0 Å². The van der Waals surface area contributed by atoms with E-state index in [1.807, 2.05) is 56.3 Å². The molecule has 0 aliphatic heterocycles. The van der Waals surface area contributed by atoms with E-state index in [0.29, 0.717) is 12.2 Å². The Kier molecular flexibility index (Phi) is 4.77. The van der Waals surface area contributed by atoms with Gasteiger partial charge in [-0.25, -0.2) is 0 Å². The third-order valence-corrected chi connectivity index (χ3v) is 2.78. The number of rotatable bonds is 5. The lowest BCUT2D eigenvalue weighted by atomic mass is 10.2. The van der Waals surface area contributed by atoms with Crippen molar-refractivity contribution in [2.45, 2.75) is 26.5 Å². The van der Waals surface area contributed by atoms with Gasteiger partial charge in [0, 0.05) is 11.6 Å². The van der Waals surface area contributed by atoms with Crippen LogP contribution in [0.1, 0.15) is 29.8 Å². The molecule has 0 heterocycles. The average Bonchev–Trinajstić information content (AvgIpc) is 2.46. The standard InChI is InChI=1S/C17H19NO2/c1-13(2)18-17(19)15-8-10-16(11-9-15)20-12-14-6-4-3-5-7-14/h3-11,13H,12H2,1-2H3,(H,18,19). The van der Waals surface area contributed by atoms with Gasteiger partial charge < -0.3 is 10.1 Å². The van der Waals surface area contributed by atoms with Crippen molar-refractivity contribution in [2.75, 3.05) is 0 Å². The Bertz CT molecular complexity index is 547. The Morgan fingerprint density at radius 1 is 1.05 bits per heavy atom. The maximum absolute atomic E-state index is 11.8. The zero-order chi connectivity index (χ0) is 14.4. The van der Waals surface area contributed by atoms with E-state index in [1.54, 1.807) is 12.1 Å². The lowest BCUT2D eigenvalue weighted by molar-refractivity contribution is 0.0943. The van der Waals surface area contributed by atoms with E-state index in [1.165, 1.54) is 0 Å². The summed E-state index contributed by atoms with van der Waals surface area (Å²) < 4.78 is 5.68. The normalized spacial score (nSPS) is 10.3. The molecule has 2 aromatic rings. The molecule has 3 heteroatoms. The van der Waals surface area contributed by atoms with Gasteiger partial charge in [0.2, 0.25) is 0 Å². The number of ether oxygens (including phenoxy) is 1. The summed E-state index contributed by atoms with van der Waals surface area (Å²) in [5.41, 5.74) is 1.76. The van der Waals surface area contributed by atoms with Gasteiger partial charge in [-0.3, -0.25) is 4.79 Å². The van der Waals surface area contributed by atoms with Crippen molar-refractivity contribution in [1.29, 1.82) is 0 Å². The van der Waals surface area contributed by atoms with Gasteiger partial charge >= 0.3 is 0 Å². The second-order valence-corrected chi connectivity index (χ2v) is 4.93. The van der Waals surface area contributed by atoms with Crippen LogP contribution >= 0.6 is 0 Å². The monoisotopic (exact) mass is 269 g/mol. The first-order valence-corrected chi connectivity index (χ1v) is 6.73. The molecule has 2 aromatic carbocycles. The Morgan fingerprint density at radius 2 is 1.70 bits per heavy atom. The van der Waals surface area contributed by atoms with Gasteiger partial charge in [-0.1, -0.05) is 30.3 Å². The zero-order valence-electron chi connectivity index (χ0n) is 11.8. The fourth-order valence-corrected chi connectivity index (χ4v) is 1.79. The van der Waals surface area contributed by atoms with Crippen LogP contribution < -0.4 is 10.1 Å². The van der Waals surface area contributed by atoms with Gasteiger partial charge in [0.15, 0.2) is 0 Å². The zero-order valence-corrected chi connectivity index (χ0v) is 11.8. The summed E-state index contributed by atoms with van der Waals surface area (Å²) in [7, 11) is 0. The fourth-order valence-electron chi connectivity index (χ4n) is 1.79. The number of carbonyl (C=O) groups excluding carboxylic acids is 1. The quantitative estimate of drug-likeness (QED) is 0.903. The van der Waals surface area contributed by atoms with Crippen molar-refractivity contribution in [3.05, 3.63) is 65.7 Å². The van der Waals surface area contributed by atoms with Gasteiger partial charge in [0.25, 0.3) is 5.91 Å². The summed E-state index contributed by atoms with van der Waals surface area (Å²) >= 11 is 0. The summed E-state index contributed by atoms with van der Waals surface area (Å²) in [6.07, 6.45) is 0. The molecular formula is C17H19NO2. The molecule has 3 nitrogen and oxygen atoms in total.